The second-order valence-electron chi connectivity index (χ2n) is 12.0. The minimum absolute atomic E-state index is 0.780. The van der Waals surface area contributed by atoms with Gasteiger partial charge in [0.15, 0.2) is 0 Å². The van der Waals surface area contributed by atoms with Crippen molar-refractivity contribution in [1.82, 2.24) is 0 Å². The molecular formula is C36H52. The van der Waals surface area contributed by atoms with Crippen LogP contribution in [0.1, 0.15) is 140 Å². The molecule has 1 fully saturated rings. The molecule has 2 aromatic carbocycles. The highest BCUT2D eigenvalue weighted by molar-refractivity contribution is 5.71. The molecule has 196 valence electrons. The third-order valence-electron chi connectivity index (χ3n) is 9.27. The topological polar surface area (TPSA) is 0 Å². The monoisotopic (exact) mass is 484 g/mol. The van der Waals surface area contributed by atoms with Crippen LogP contribution in [0.3, 0.4) is 0 Å². The number of benzene rings is 2. The summed E-state index contributed by atoms with van der Waals surface area (Å²) in [7, 11) is 0. The van der Waals surface area contributed by atoms with Gasteiger partial charge in [0, 0.05) is 0 Å². The van der Waals surface area contributed by atoms with E-state index < -0.39 is 0 Å². The molecule has 0 heterocycles. The van der Waals surface area contributed by atoms with E-state index in [2.05, 4.69) is 68.5 Å². The van der Waals surface area contributed by atoms with E-state index in [0.29, 0.717) is 0 Å². The van der Waals surface area contributed by atoms with Gasteiger partial charge in [-0.15, -0.1) is 0 Å². The second-order valence-corrected chi connectivity index (χ2v) is 12.0. The molecule has 0 spiro atoms. The molecule has 0 saturated heterocycles. The molecule has 4 rings (SSSR count). The molecule has 0 aliphatic heterocycles. The Labute approximate surface area is 223 Å². The first-order valence-electron chi connectivity index (χ1n) is 15.7. The van der Waals surface area contributed by atoms with Crippen LogP contribution in [-0.2, 0) is 0 Å². The fourth-order valence-electron chi connectivity index (χ4n) is 6.74. The van der Waals surface area contributed by atoms with Crippen LogP contribution in [0.4, 0.5) is 0 Å². The first kappa shape index (κ1) is 27.2. The summed E-state index contributed by atoms with van der Waals surface area (Å²) in [4.78, 5) is 0. The van der Waals surface area contributed by atoms with Gasteiger partial charge < -0.3 is 0 Å². The van der Waals surface area contributed by atoms with Crippen molar-refractivity contribution in [3.63, 3.8) is 0 Å². The maximum Gasteiger partial charge on any atom is -0.0162 e. The van der Waals surface area contributed by atoms with Gasteiger partial charge in [0.2, 0.25) is 0 Å². The molecule has 0 bridgehead atoms. The Kier molecular flexibility index (Phi) is 11.2. The zero-order valence-electron chi connectivity index (χ0n) is 23.4. The Hall–Kier alpha value is -1.82. The van der Waals surface area contributed by atoms with Crippen molar-refractivity contribution in [2.75, 3.05) is 0 Å². The fraction of sp³-hybridized carbons (Fsp3) is 0.611. The molecule has 0 nitrogen and oxygen atoms in total. The molecule has 0 N–H and O–H groups in total. The molecule has 0 heteroatoms. The maximum absolute atomic E-state index is 2.54. The van der Waals surface area contributed by atoms with Crippen LogP contribution in [0, 0.1) is 11.8 Å². The fourth-order valence-corrected chi connectivity index (χ4v) is 6.74. The van der Waals surface area contributed by atoms with Crippen LogP contribution < -0.4 is 0 Å². The first-order valence-corrected chi connectivity index (χ1v) is 15.7. The van der Waals surface area contributed by atoms with Gasteiger partial charge in [0.05, 0.1) is 0 Å². The summed E-state index contributed by atoms with van der Waals surface area (Å²) in [6.07, 6.45) is 26.3. The molecule has 2 aliphatic rings. The summed E-state index contributed by atoms with van der Waals surface area (Å²) >= 11 is 0. The summed E-state index contributed by atoms with van der Waals surface area (Å²) < 4.78 is 0. The van der Waals surface area contributed by atoms with Crippen LogP contribution in [0.15, 0.2) is 54.6 Å². The predicted molar refractivity (Wildman–Crippen MR) is 159 cm³/mol. The van der Waals surface area contributed by atoms with E-state index in [9.17, 15) is 0 Å². The molecule has 0 amide bonds. The lowest BCUT2D eigenvalue weighted by Crippen LogP contribution is -2.13. The Morgan fingerprint density at radius 3 is 1.75 bits per heavy atom. The Morgan fingerprint density at radius 1 is 0.556 bits per heavy atom. The third-order valence-corrected chi connectivity index (χ3v) is 9.27. The maximum atomic E-state index is 2.54. The van der Waals surface area contributed by atoms with E-state index in [1.165, 1.54) is 126 Å². The number of allylic oxidation sites excluding steroid dienone is 2. The molecule has 0 aromatic heterocycles. The quantitative estimate of drug-likeness (QED) is 0.248. The van der Waals surface area contributed by atoms with Gasteiger partial charge in [-0.1, -0.05) is 133 Å². The van der Waals surface area contributed by atoms with Crippen molar-refractivity contribution in [2.24, 2.45) is 11.8 Å². The second kappa shape index (κ2) is 14.8. The van der Waals surface area contributed by atoms with E-state index in [1.54, 1.807) is 11.1 Å². The number of unbranched alkanes of at least 4 members (excludes halogenated alkanes) is 6. The standard InChI is InChI=1S/C36H52/c1-3-5-7-8-10-12-30-15-19-32(20-16-30)34-23-27-36(28-24-34)35-25-21-33(22-26-35)31-17-13-29(14-18-31)11-9-6-4-2/h19,21-31H,3-18,20H2,1-2H3. The van der Waals surface area contributed by atoms with Gasteiger partial charge in [-0.3, -0.25) is 0 Å². The minimum atomic E-state index is 0.780. The molecule has 1 unspecified atom stereocenters. The van der Waals surface area contributed by atoms with E-state index in [4.69, 9.17) is 0 Å². The van der Waals surface area contributed by atoms with E-state index >= 15 is 0 Å². The average molecular weight is 485 g/mol. The predicted octanol–water partition coefficient (Wildman–Crippen LogP) is 11.8. The number of hydrogen-bond donors (Lipinski definition) is 0. The van der Waals surface area contributed by atoms with E-state index in [0.717, 1.165) is 17.8 Å². The van der Waals surface area contributed by atoms with E-state index in [1.807, 2.05) is 0 Å². The molecule has 2 aromatic rings. The van der Waals surface area contributed by atoms with Gasteiger partial charge in [-0.05, 0) is 90.5 Å². The van der Waals surface area contributed by atoms with Crippen molar-refractivity contribution in [3.8, 4) is 11.1 Å². The zero-order chi connectivity index (χ0) is 25.0. The van der Waals surface area contributed by atoms with E-state index in [-0.39, 0.29) is 0 Å². The van der Waals surface area contributed by atoms with Crippen LogP contribution in [-0.4, -0.2) is 0 Å². The van der Waals surface area contributed by atoms with Crippen LogP contribution in [0.2, 0.25) is 0 Å². The van der Waals surface area contributed by atoms with Gasteiger partial charge in [-0.25, -0.2) is 0 Å². The van der Waals surface area contributed by atoms with Crippen molar-refractivity contribution in [1.29, 1.82) is 0 Å². The number of rotatable bonds is 13. The zero-order valence-corrected chi connectivity index (χ0v) is 23.4. The van der Waals surface area contributed by atoms with Crippen LogP contribution >= 0.6 is 0 Å². The third kappa shape index (κ3) is 8.09. The van der Waals surface area contributed by atoms with Gasteiger partial charge in [-0.2, -0.15) is 0 Å². The molecule has 2 aliphatic carbocycles. The summed E-state index contributed by atoms with van der Waals surface area (Å²) in [5.41, 5.74) is 7.29. The van der Waals surface area contributed by atoms with Crippen molar-refractivity contribution in [3.05, 3.63) is 65.7 Å². The lowest BCUT2D eigenvalue weighted by atomic mass is 9.77. The Bertz CT molecular complexity index is 892. The molecule has 1 saturated carbocycles. The molecule has 36 heavy (non-hydrogen) atoms. The largest absolute Gasteiger partial charge is 0.0804 e. The van der Waals surface area contributed by atoms with Crippen LogP contribution in [0.5, 0.6) is 0 Å². The lowest BCUT2D eigenvalue weighted by Gasteiger charge is -2.29. The van der Waals surface area contributed by atoms with Crippen molar-refractivity contribution < 1.29 is 0 Å². The van der Waals surface area contributed by atoms with Crippen molar-refractivity contribution >= 4 is 5.57 Å². The van der Waals surface area contributed by atoms with Gasteiger partial charge in [0.1, 0.15) is 0 Å². The highest BCUT2D eigenvalue weighted by Crippen LogP contribution is 2.38. The highest BCUT2D eigenvalue weighted by Gasteiger charge is 2.22. The summed E-state index contributed by atoms with van der Waals surface area (Å²) in [5, 5.41) is 0. The smallest absolute Gasteiger partial charge is 0.0162 e. The number of hydrogen-bond acceptors (Lipinski definition) is 0. The normalized spacial score (nSPS) is 22.4. The summed E-state index contributed by atoms with van der Waals surface area (Å²) in [5.74, 6) is 2.69. The van der Waals surface area contributed by atoms with Crippen LogP contribution in [0.25, 0.3) is 16.7 Å². The van der Waals surface area contributed by atoms with Gasteiger partial charge >= 0.3 is 0 Å². The SMILES string of the molecule is CCCCCCCC1CC=C(c2ccc(-c3ccc(C4CCC(CCCCC)CC4)cc3)cc2)CC1. The summed E-state index contributed by atoms with van der Waals surface area (Å²) in [6, 6.07) is 19.0. The Morgan fingerprint density at radius 2 is 1.11 bits per heavy atom. The average Bonchev–Trinajstić information content (AvgIpc) is 2.94. The van der Waals surface area contributed by atoms with Crippen molar-refractivity contribution in [2.45, 2.75) is 129 Å². The minimum Gasteiger partial charge on any atom is -0.0804 e. The molecule has 0 radical (unpaired) electrons. The molecule has 1 atom stereocenters. The first-order chi connectivity index (χ1) is 17.8. The van der Waals surface area contributed by atoms with Gasteiger partial charge in [0.25, 0.3) is 0 Å². The lowest BCUT2D eigenvalue weighted by molar-refractivity contribution is 0.303. The highest BCUT2D eigenvalue weighted by atomic mass is 14.3. The molecular weight excluding hydrogens is 432 g/mol. The summed E-state index contributed by atoms with van der Waals surface area (Å²) in [6.45, 7) is 4.62. The Balaban J connectivity index is 1.24.